The van der Waals surface area contributed by atoms with Gasteiger partial charge in [-0.3, -0.25) is 0 Å². The van der Waals surface area contributed by atoms with Crippen LogP contribution in [-0.2, 0) is 6.42 Å². The van der Waals surface area contributed by atoms with E-state index in [1.807, 2.05) is 18.2 Å². The number of nitrogens with one attached hydrogen (secondary N) is 1. The summed E-state index contributed by atoms with van der Waals surface area (Å²) in [5.41, 5.74) is 8.97. The fourth-order valence-corrected chi connectivity index (χ4v) is 2.23. The summed E-state index contributed by atoms with van der Waals surface area (Å²) in [4.78, 5) is 7.54. The number of nitrogens with two attached hydrogens (primary N) is 1. The second-order valence-electron chi connectivity index (χ2n) is 4.02. The lowest BCUT2D eigenvalue weighted by Crippen LogP contribution is -2.05. The van der Waals surface area contributed by atoms with Gasteiger partial charge in [0.05, 0.1) is 12.0 Å². The molecule has 1 heterocycles. The molecule has 0 spiro atoms. The molecule has 2 aromatic rings. The van der Waals surface area contributed by atoms with Crippen LogP contribution < -0.4 is 5.73 Å². The third-order valence-corrected chi connectivity index (χ3v) is 3.23. The van der Waals surface area contributed by atoms with Crippen molar-refractivity contribution in [2.24, 2.45) is 5.73 Å². The van der Waals surface area contributed by atoms with Gasteiger partial charge < -0.3 is 10.7 Å². The number of rotatable bonds is 5. The van der Waals surface area contributed by atoms with Gasteiger partial charge in [-0.15, -0.1) is 0 Å². The highest BCUT2D eigenvalue weighted by atomic mass is 32.1. The Morgan fingerprint density at radius 1 is 1.29 bits per heavy atom. The molecule has 3 nitrogen and oxygen atoms in total. The van der Waals surface area contributed by atoms with Gasteiger partial charge in [0.15, 0.2) is 0 Å². The highest BCUT2D eigenvalue weighted by molar-refractivity contribution is 7.80. The smallest absolute Gasteiger partial charge is 0.0925 e. The van der Waals surface area contributed by atoms with Gasteiger partial charge in [0.1, 0.15) is 0 Å². The van der Waals surface area contributed by atoms with Gasteiger partial charge in [0.25, 0.3) is 0 Å². The minimum Gasteiger partial charge on any atom is -0.348 e. The van der Waals surface area contributed by atoms with Crippen LogP contribution in [0, 0.1) is 0 Å². The van der Waals surface area contributed by atoms with Crippen LogP contribution in [0.2, 0.25) is 0 Å². The van der Waals surface area contributed by atoms with Crippen molar-refractivity contribution in [1.29, 1.82) is 0 Å². The Morgan fingerprint density at radius 3 is 2.76 bits per heavy atom. The second-order valence-corrected chi connectivity index (χ2v) is 4.65. The molecule has 3 N–H and O–H groups in total. The van der Waals surface area contributed by atoms with Crippen molar-refractivity contribution in [2.75, 3.05) is 6.54 Å². The number of imidazole rings is 1. The molecule has 0 aliphatic carbocycles. The fourth-order valence-electron chi connectivity index (χ4n) is 1.85. The molecule has 17 heavy (non-hydrogen) atoms. The molecule has 0 fully saturated rings. The highest BCUT2D eigenvalue weighted by Crippen LogP contribution is 2.25. The standard InChI is InChI=1S/C13H17N3S/c14-7-6-12(17)13-11(15-9-16-13)8-10-4-2-1-3-5-10/h1-5,9,12,17H,6-8,14H2,(H,15,16). The summed E-state index contributed by atoms with van der Waals surface area (Å²) in [5.74, 6) is 0. The summed E-state index contributed by atoms with van der Waals surface area (Å²) in [6.45, 7) is 0.631. The van der Waals surface area contributed by atoms with Gasteiger partial charge in [-0.1, -0.05) is 30.3 Å². The highest BCUT2D eigenvalue weighted by Gasteiger charge is 2.13. The minimum absolute atomic E-state index is 0.116. The van der Waals surface area contributed by atoms with E-state index in [9.17, 15) is 0 Å². The molecular weight excluding hydrogens is 230 g/mol. The third kappa shape index (κ3) is 3.11. The SMILES string of the molecule is NCCC(S)c1nc[nH]c1Cc1ccccc1. The molecule has 1 atom stereocenters. The summed E-state index contributed by atoms with van der Waals surface area (Å²) >= 11 is 4.54. The lowest BCUT2D eigenvalue weighted by molar-refractivity contribution is 0.792. The van der Waals surface area contributed by atoms with Crippen LogP contribution in [0.4, 0.5) is 0 Å². The van der Waals surface area contributed by atoms with Crippen molar-refractivity contribution < 1.29 is 0 Å². The van der Waals surface area contributed by atoms with Crippen molar-refractivity contribution in [3.63, 3.8) is 0 Å². The number of H-pyrrole nitrogens is 1. The van der Waals surface area contributed by atoms with E-state index in [0.717, 1.165) is 24.2 Å². The Morgan fingerprint density at radius 2 is 2.06 bits per heavy atom. The van der Waals surface area contributed by atoms with E-state index < -0.39 is 0 Å². The van der Waals surface area contributed by atoms with Crippen LogP contribution in [-0.4, -0.2) is 16.5 Å². The summed E-state index contributed by atoms with van der Waals surface area (Å²) in [6.07, 6.45) is 3.43. The minimum atomic E-state index is 0.116. The number of aromatic nitrogens is 2. The first-order valence-corrected chi connectivity index (χ1v) is 6.27. The average molecular weight is 247 g/mol. The van der Waals surface area contributed by atoms with E-state index in [4.69, 9.17) is 5.73 Å². The van der Waals surface area contributed by atoms with Gasteiger partial charge >= 0.3 is 0 Å². The zero-order valence-electron chi connectivity index (χ0n) is 9.63. The Hall–Kier alpha value is -1.26. The van der Waals surface area contributed by atoms with Crippen LogP contribution in [0.5, 0.6) is 0 Å². The van der Waals surface area contributed by atoms with Crippen LogP contribution in [0.25, 0.3) is 0 Å². The molecular formula is C13H17N3S. The molecule has 0 aliphatic rings. The van der Waals surface area contributed by atoms with Crippen molar-refractivity contribution in [3.05, 3.63) is 53.6 Å². The Labute approximate surface area is 107 Å². The zero-order chi connectivity index (χ0) is 12.1. The topological polar surface area (TPSA) is 54.7 Å². The number of nitrogens with zero attached hydrogens (tertiary/aromatic N) is 1. The Bertz CT molecular complexity index is 453. The fraction of sp³-hybridized carbons (Fsp3) is 0.308. The van der Waals surface area contributed by atoms with E-state index in [1.54, 1.807) is 6.33 Å². The van der Waals surface area contributed by atoms with E-state index >= 15 is 0 Å². The van der Waals surface area contributed by atoms with Crippen molar-refractivity contribution in [2.45, 2.75) is 18.1 Å². The van der Waals surface area contributed by atoms with Crippen molar-refractivity contribution in [1.82, 2.24) is 9.97 Å². The number of hydrogen-bond acceptors (Lipinski definition) is 3. The van der Waals surface area contributed by atoms with E-state index in [0.29, 0.717) is 6.54 Å². The monoisotopic (exact) mass is 247 g/mol. The lowest BCUT2D eigenvalue weighted by Gasteiger charge is -2.09. The molecule has 0 saturated carbocycles. The maximum absolute atomic E-state index is 5.55. The number of thiol groups is 1. The van der Waals surface area contributed by atoms with Gasteiger partial charge in [-0.25, -0.2) is 4.98 Å². The number of hydrogen-bond donors (Lipinski definition) is 3. The van der Waals surface area contributed by atoms with Gasteiger partial charge in [-0.05, 0) is 18.5 Å². The average Bonchev–Trinajstić information content (AvgIpc) is 2.79. The molecule has 1 aromatic carbocycles. The largest absolute Gasteiger partial charge is 0.348 e. The molecule has 0 radical (unpaired) electrons. The first kappa shape index (κ1) is 12.2. The van der Waals surface area contributed by atoms with Gasteiger partial charge in [0, 0.05) is 17.4 Å². The Kier molecular flexibility index (Phi) is 4.23. The summed E-state index contributed by atoms with van der Waals surface area (Å²) in [5, 5.41) is 0.116. The predicted octanol–water partition coefficient (Wildman–Crippen LogP) is 2.32. The van der Waals surface area contributed by atoms with Gasteiger partial charge in [-0.2, -0.15) is 12.6 Å². The molecule has 90 valence electrons. The van der Waals surface area contributed by atoms with Crippen LogP contribution >= 0.6 is 12.6 Å². The molecule has 2 rings (SSSR count). The van der Waals surface area contributed by atoms with Crippen LogP contribution in [0.1, 0.15) is 28.6 Å². The molecule has 0 bridgehead atoms. The third-order valence-electron chi connectivity index (χ3n) is 2.73. The van der Waals surface area contributed by atoms with Crippen molar-refractivity contribution in [3.8, 4) is 0 Å². The molecule has 1 aromatic heterocycles. The maximum atomic E-state index is 5.55. The number of benzene rings is 1. The predicted molar refractivity (Wildman–Crippen MR) is 73.2 cm³/mol. The first-order chi connectivity index (χ1) is 8.31. The quantitative estimate of drug-likeness (QED) is 0.710. The normalized spacial score (nSPS) is 12.6. The molecule has 1 unspecified atom stereocenters. The molecule has 4 heteroatoms. The van der Waals surface area contributed by atoms with E-state index in [2.05, 4.69) is 34.7 Å². The Balaban J connectivity index is 2.14. The lowest BCUT2D eigenvalue weighted by atomic mass is 10.1. The summed E-state index contributed by atoms with van der Waals surface area (Å²) in [6, 6.07) is 10.3. The van der Waals surface area contributed by atoms with E-state index in [1.165, 1.54) is 5.56 Å². The van der Waals surface area contributed by atoms with E-state index in [-0.39, 0.29) is 5.25 Å². The summed E-state index contributed by atoms with van der Waals surface area (Å²) in [7, 11) is 0. The second kappa shape index (κ2) is 5.89. The first-order valence-electron chi connectivity index (χ1n) is 5.75. The van der Waals surface area contributed by atoms with Crippen LogP contribution in [0.15, 0.2) is 36.7 Å². The number of aromatic amines is 1. The molecule has 0 amide bonds. The zero-order valence-corrected chi connectivity index (χ0v) is 10.5. The summed E-state index contributed by atoms with van der Waals surface area (Å²) < 4.78 is 0. The van der Waals surface area contributed by atoms with Crippen molar-refractivity contribution >= 4 is 12.6 Å². The molecule has 0 saturated heterocycles. The van der Waals surface area contributed by atoms with Gasteiger partial charge in [0.2, 0.25) is 0 Å². The maximum Gasteiger partial charge on any atom is 0.0925 e. The molecule has 0 aliphatic heterocycles. The van der Waals surface area contributed by atoms with Crippen LogP contribution in [0.3, 0.4) is 0 Å².